The molecule has 0 aliphatic carbocycles. The molecule has 0 atom stereocenters. The number of hydrogen-bond acceptors (Lipinski definition) is 5. The van der Waals surface area contributed by atoms with Crippen LogP contribution in [0.4, 0.5) is 5.69 Å². The molecule has 2 rings (SSSR count). The zero-order valence-electron chi connectivity index (χ0n) is 15.0. The van der Waals surface area contributed by atoms with E-state index in [0.29, 0.717) is 24.5 Å². The molecule has 0 unspecified atom stereocenters. The molecule has 2 amide bonds. The fourth-order valence-corrected chi connectivity index (χ4v) is 2.59. The minimum absolute atomic E-state index is 0.00575. The molecule has 2 aromatic rings. The molecule has 2 aromatic carbocycles. The second-order valence-electron chi connectivity index (χ2n) is 5.53. The number of hydrazine groups is 1. The lowest BCUT2D eigenvalue weighted by atomic mass is 10.3. The van der Waals surface area contributed by atoms with E-state index < -0.39 is 0 Å². The molecule has 0 bridgehead atoms. The predicted molar refractivity (Wildman–Crippen MR) is 107 cm³/mol. The van der Waals surface area contributed by atoms with Crippen molar-refractivity contribution in [3.63, 3.8) is 0 Å². The van der Waals surface area contributed by atoms with Crippen molar-refractivity contribution in [1.82, 2.24) is 10.9 Å². The van der Waals surface area contributed by atoms with Crippen LogP contribution in [-0.4, -0.2) is 32.1 Å². The maximum absolute atomic E-state index is 11.8. The number of benzene rings is 2. The number of carbonyl (C=O) groups excluding carboxylic acids is 2. The number of ether oxygens (including phenoxy) is 2. The molecule has 0 spiro atoms. The zero-order valence-corrected chi connectivity index (χ0v) is 16.5. The number of methoxy groups -OCH3 is 1. The number of hydrogen-bond donors (Lipinski definition) is 3. The minimum Gasteiger partial charge on any atom is -0.495 e. The third-order valence-corrected chi connectivity index (χ3v) is 4.19. The summed E-state index contributed by atoms with van der Waals surface area (Å²) < 4.78 is 11.6. The largest absolute Gasteiger partial charge is 0.495 e. The van der Waals surface area contributed by atoms with E-state index in [0.717, 1.165) is 10.2 Å². The fraction of sp³-hybridized carbons (Fsp3) is 0.263. The van der Waals surface area contributed by atoms with Crippen molar-refractivity contribution in [3.05, 3.63) is 53.0 Å². The van der Waals surface area contributed by atoms with Crippen molar-refractivity contribution in [2.75, 3.05) is 25.6 Å². The number of halogens is 1. The molecule has 27 heavy (non-hydrogen) atoms. The Bertz CT molecular complexity index is 770. The second-order valence-corrected chi connectivity index (χ2v) is 6.39. The highest BCUT2D eigenvalue weighted by Crippen LogP contribution is 2.24. The third-order valence-electron chi connectivity index (χ3n) is 3.53. The summed E-state index contributed by atoms with van der Waals surface area (Å²) in [5.74, 6) is 0.725. The van der Waals surface area contributed by atoms with Gasteiger partial charge in [0.1, 0.15) is 11.5 Å². The van der Waals surface area contributed by atoms with Crippen LogP contribution in [0.2, 0.25) is 0 Å². The lowest BCUT2D eigenvalue weighted by Crippen LogP contribution is -2.44. The average Bonchev–Trinajstić information content (AvgIpc) is 2.69. The summed E-state index contributed by atoms with van der Waals surface area (Å²) >= 11 is 3.39. The van der Waals surface area contributed by atoms with Gasteiger partial charge < -0.3 is 14.8 Å². The van der Waals surface area contributed by atoms with Crippen LogP contribution in [0.1, 0.15) is 12.8 Å². The SMILES string of the molecule is COc1ccccc1NCC(=O)NNC(=O)CCCOc1ccccc1Br. The van der Waals surface area contributed by atoms with E-state index in [1.807, 2.05) is 36.4 Å². The number of para-hydroxylation sites is 3. The highest BCUT2D eigenvalue weighted by atomic mass is 79.9. The van der Waals surface area contributed by atoms with Crippen molar-refractivity contribution in [2.45, 2.75) is 12.8 Å². The van der Waals surface area contributed by atoms with Crippen molar-refractivity contribution in [2.24, 2.45) is 0 Å². The number of nitrogens with one attached hydrogen (secondary N) is 3. The molecule has 0 aliphatic heterocycles. The predicted octanol–water partition coefficient (Wildman–Crippen LogP) is 2.88. The summed E-state index contributed by atoms with van der Waals surface area (Å²) in [6.07, 6.45) is 0.771. The first kappa shape index (κ1) is 20.6. The molecule has 0 radical (unpaired) electrons. The molecule has 3 N–H and O–H groups in total. The van der Waals surface area contributed by atoms with Crippen molar-refractivity contribution in [1.29, 1.82) is 0 Å². The Balaban J connectivity index is 1.60. The van der Waals surface area contributed by atoms with Crippen molar-refractivity contribution in [3.8, 4) is 11.5 Å². The summed E-state index contributed by atoms with van der Waals surface area (Å²) in [5.41, 5.74) is 5.45. The molecule has 0 saturated heterocycles. The van der Waals surface area contributed by atoms with E-state index in [-0.39, 0.29) is 24.8 Å². The normalized spacial score (nSPS) is 10.0. The van der Waals surface area contributed by atoms with Gasteiger partial charge in [-0.1, -0.05) is 24.3 Å². The summed E-state index contributed by atoms with van der Waals surface area (Å²) in [6, 6.07) is 14.8. The molecule has 0 aliphatic rings. The van der Waals surface area contributed by atoms with Gasteiger partial charge in [0.05, 0.1) is 30.4 Å². The maximum Gasteiger partial charge on any atom is 0.257 e. The highest BCUT2D eigenvalue weighted by Gasteiger charge is 2.07. The van der Waals surface area contributed by atoms with Gasteiger partial charge in [-0.15, -0.1) is 0 Å². The Hall–Kier alpha value is -2.74. The Morgan fingerprint density at radius 2 is 1.63 bits per heavy atom. The van der Waals surface area contributed by atoms with Gasteiger partial charge in [-0.2, -0.15) is 0 Å². The summed E-state index contributed by atoms with van der Waals surface area (Å²) in [6.45, 7) is 0.408. The van der Waals surface area contributed by atoms with E-state index in [4.69, 9.17) is 9.47 Å². The first-order valence-corrected chi connectivity index (χ1v) is 9.21. The quantitative estimate of drug-likeness (QED) is 0.416. The summed E-state index contributed by atoms with van der Waals surface area (Å²) in [5, 5.41) is 2.95. The summed E-state index contributed by atoms with van der Waals surface area (Å²) in [4.78, 5) is 23.6. The fourth-order valence-electron chi connectivity index (χ4n) is 2.19. The van der Waals surface area contributed by atoms with Crippen LogP contribution in [0.15, 0.2) is 53.0 Å². The standard InChI is InChI=1S/C19H22BrN3O4/c1-26-17-10-5-3-8-15(17)21-13-19(25)23-22-18(24)11-6-12-27-16-9-4-2-7-14(16)20/h2-5,7-10,21H,6,11-13H2,1H3,(H,22,24)(H,23,25). The van der Waals surface area contributed by atoms with Gasteiger partial charge in [-0.3, -0.25) is 20.4 Å². The third kappa shape index (κ3) is 7.18. The monoisotopic (exact) mass is 435 g/mol. The number of amides is 2. The Labute approximate surface area is 166 Å². The molecule has 0 fully saturated rings. The van der Waals surface area contributed by atoms with Gasteiger partial charge in [0.2, 0.25) is 5.91 Å². The van der Waals surface area contributed by atoms with Gasteiger partial charge in [0, 0.05) is 6.42 Å². The van der Waals surface area contributed by atoms with Crippen LogP contribution in [0.25, 0.3) is 0 Å². The average molecular weight is 436 g/mol. The second kappa shape index (κ2) is 11.1. The van der Waals surface area contributed by atoms with Crippen LogP contribution in [0.3, 0.4) is 0 Å². The summed E-state index contributed by atoms with van der Waals surface area (Å²) in [7, 11) is 1.56. The Kier molecular flexibility index (Phi) is 8.44. The van der Waals surface area contributed by atoms with E-state index in [2.05, 4.69) is 32.1 Å². The molecule has 0 aromatic heterocycles. The van der Waals surface area contributed by atoms with Crippen molar-refractivity contribution < 1.29 is 19.1 Å². The van der Waals surface area contributed by atoms with E-state index in [1.165, 1.54) is 0 Å². The number of anilines is 1. The van der Waals surface area contributed by atoms with E-state index in [9.17, 15) is 9.59 Å². The van der Waals surface area contributed by atoms with Crippen LogP contribution < -0.4 is 25.6 Å². The van der Waals surface area contributed by atoms with Crippen molar-refractivity contribution >= 4 is 33.4 Å². The van der Waals surface area contributed by atoms with Gasteiger partial charge in [0.15, 0.2) is 0 Å². The lowest BCUT2D eigenvalue weighted by Gasteiger charge is -2.11. The minimum atomic E-state index is -0.362. The van der Waals surface area contributed by atoms with Gasteiger partial charge in [-0.25, -0.2) is 0 Å². The zero-order chi connectivity index (χ0) is 19.5. The molecule has 8 heteroatoms. The number of rotatable bonds is 9. The molecule has 7 nitrogen and oxygen atoms in total. The molecule has 0 saturated carbocycles. The van der Waals surface area contributed by atoms with Gasteiger partial charge >= 0.3 is 0 Å². The van der Waals surface area contributed by atoms with Crippen LogP contribution >= 0.6 is 15.9 Å². The topological polar surface area (TPSA) is 88.7 Å². The lowest BCUT2D eigenvalue weighted by molar-refractivity contribution is -0.128. The van der Waals surface area contributed by atoms with Gasteiger partial charge in [0.25, 0.3) is 5.91 Å². The van der Waals surface area contributed by atoms with Gasteiger partial charge in [-0.05, 0) is 46.6 Å². The first-order chi connectivity index (χ1) is 13.1. The Morgan fingerprint density at radius 1 is 0.963 bits per heavy atom. The number of carbonyl (C=O) groups is 2. The van der Waals surface area contributed by atoms with Crippen LogP contribution in [-0.2, 0) is 9.59 Å². The van der Waals surface area contributed by atoms with Crippen LogP contribution in [0.5, 0.6) is 11.5 Å². The van der Waals surface area contributed by atoms with Crippen LogP contribution in [0, 0.1) is 0 Å². The Morgan fingerprint density at radius 3 is 2.37 bits per heavy atom. The smallest absolute Gasteiger partial charge is 0.257 e. The first-order valence-electron chi connectivity index (χ1n) is 8.42. The van der Waals surface area contributed by atoms with E-state index >= 15 is 0 Å². The maximum atomic E-state index is 11.8. The molecular formula is C19H22BrN3O4. The van der Waals surface area contributed by atoms with E-state index in [1.54, 1.807) is 19.2 Å². The highest BCUT2D eigenvalue weighted by molar-refractivity contribution is 9.10. The molecular weight excluding hydrogens is 414 g/mol. The molecule has 144 valence electrons. The molecule has 0 heterocycles.